The maximum Gasteiger partial charge on any atom is 0.513 e. The minimum atomic E-state index is -1.31. The molecule has 0 spiro atoms. The van der Waals surface area contributed by atoms with Crippen molar-refractivity contribution in [3.05, 3.63) is 149 Å². The highest BCUT2D eigenvalue weighted by atomic mass is 35.5. The standard InChI is InChI=1S/C23H30FN3O5Si.C17H18FN3O3.C12H17NO5Si.C7H4ClNO4.C5H14OSi.ClH/c1-33(2,3)11-10-32-23(31)26-8-6-25(7-9-26)20-13-19-16(12-18(20)24)21(28)17(22(29)30)14-27(19)15-4-5-15;18-13-7-11-14(8-15(13)20-5-3-19-4-6-20)21(10-1-2-10)9-12(16(11)22)17(23)24;1-19(2,3)9-8-17-12(14)18-11-6-4-10(5-7-11)13(15)16;8-7(10)13-6-3-1-5(2-4-6)9(11)12;1-7(2,3)5-4-6;/h12-15H,4-11H2,1-3H3,(H,29,30);7-10,19H,1-6H2,(H,23,24);4-7H,8-9H2,1-3H3;1-4H;6H,4-5H2,1-3H3;1H. The summed E-state index contributed by atoms with van der Waals surface area (Å²) < 4.78 is 53.0. The number of non-ortho nitro benzene ring substituents is 2. The summed E-state index contributed by atoms with van der Waals surface area (Å²) in [6, 6.07) is 19.1. The van der Waals surface area contributed by atoms with Crippen LogP contribution in [0.3, 0.4) is 0 Å². The Labute approximate surface area is 572 Å². The Bertz CT molecular complexity index is 3910. The number of pyridine rings is 2. The molecule has 4 fully saturated rings. The highest BCUT2D eigenvalue weighted by molar-refractivity contribution is 6.76. The van der Waals surface area contributed by atoms with E-state index < -0.39 is 80.1 Å². The van der Waals surface area contributed by atoms with Gasteiger partial charge in [0.1, 0.15) is 34.3 Å². The van der Waals surface area contributed by atoms with E-state index in [0.717, 1.165) is 63.0 Å². The number of aliphatic hydroxyl groups excluding tert-OH is 1. The number of nitro groups is 2. The molecule has 33 heteroatoms. The van der Waals surface area contributed by atoms with Gasteiger partial charge in [0.15, 0.2) is 0 Å². The van der Waals surface area contributed by atoms with Gasteiger partial charge in [-0.3, -0.25) is 29.8 Å². The Morgan fingerprint density at radius 2 is 0.969 bits per heavy atom. The summed E-state index contributed by atoms with van der Waals surface area (Å²) in [7, 11) is -3.43. The van der Waals surface area contributed by atoms with Gasteiger partial charge in [-0.2, -0.15) is 0 Å². The maximum atomic E-state index is 15.1. The Morgan fingerprint density at radius 1 is 0.588 bits per heavy atom. The normalized spacial score (nSPS) is 14.5. The molecule has 4 N–H and O–H groups in total. The van der Waals surface area contributed by atoms with E-state index in [1.54, 1.807) is 21.6 Å². The maximum absolute atomic E-state index is 15.1. The van der Waals surface area contributed by atoms with Crippen LogP contribution in [-0.2, 0) is 9.47 Å². The molecule has 4 aliphatic rings. The number of nitrogens with zero attached hydrogens (tertiary/aromatic N) is 7. The van der Waals surface area contributed by atoms with Gasteiger partial charge < -0.3 is 63.4 Å². The zero-order valence-corrected chi connectivity index (χ0v) is 60.2. The fraction of sp³-hybridized carbons (Fsp3) is 0.453. The van der Waals surface area contributed by atoms with E-state index >= 15 is 4.39 Å². The van der Waals surface area contributed by atoms with E-state index in [-0.39, 0.29) is 75.4 Å². The fourth-order valence-electron chi connectivity index (χ4n) is 9.65. The van der Waals surface area contributed by atoms with E-state index in [1.165, 1.54) is 67.0 Å². The van der Waals surface area contributed by atoms with Crippen LogP contribution in [0.25, 0.3) is 21.8 Å². The largest absolute Gasteiger partial charge is 0.513 e. The number of hydrogen-bond acceptors (Lipinski definition) is 19. The molecule has 4 heterocycles. The number of carbonyl (C=O) groups is 5. The van der Waals surface area contributed by atoms with Crippen LogP contribution in [0, 0.1) is 31.9 Å². The topological polar surface area (TPSA) is 335 Å². The molecule has 0 bridgehead atoms. The third-order valence-electron chi connectivity index (χ3n) is 15.4. The number of rotatable bonds is 18. The number of anilines is 2. The molecule has 4 aromatic carbocycles. The molecule has 6 aromatic rings. The molecule has 0 radical (unpaired) electrons. The van der Waals surface area contributed by atoms with Crippen LogP contribution in [0.5, 0.6) is 11.5 Å². The first-order valence-electron chi connectivity index (χ1n) is 31.2. The van der Waals surface area contributed by atoms with Gasteiger partial charge in [0.25, 0.3) is 11.4 Å². The minimum Gasteiger partial charge on any atom is -0.477 e. The number of carboxylic acid groups (broad SMARTS) is 2. The van der Waals surface area contributed by atoms with E-state index in [9.17, 15) is 68.4 Å². The molecular formula is C64H84Cl2F2N8O18Si3. The number of ether oxygens (including phenoxy) is 4. The second kappa shape index (κ2) is 35.3. The lowest BCUT2D eigenvalue weighted by Crippen LogP contribution is -2.49. The second-order valence-corrected chi connectivity index (χ2v) is 44.0. The Hall–Kier alpha value is -8.34. The number of amides is 1. The summed E-state index contributed by atoms with van der Waals surface area (Å²) in [5.74, 6) is -3.24. The molecule has 1 amide bonds. The number of aromatic carboxylic acids is 2. The van der Waals surface area contributed by atoms with Crippen LogP contribution >= 0.6 is 24.0 Å². The van der Waals surface area contributed by atoms with Crippen LogP contribution in [0.4, 0.5) is 45.9 Å². The second-order valence-electron chi connectivity index (χ2n) is 26.8. The van der Waals surface area contributed by atoms with Crippen molar-refractivity contribution in [3.63, 3.8) is 0 Å². The number of nitrogens with one attached hydrogen (secondary N) is 1. The number of halogens is 4. The third kappa shape index (κ3) is 24.6. The van der Waals surface area contributed by atoms with Gasteiger partial charge >= 0.3 is 29.6 Å². The van der Waals surface area contributed by atoms with Crippen molar-refractivity contribution in [2.24, 2.45) is 0 Å². The van der Waals surface area contributed by atoms with Gasteiger partial charge in [0.2, 0.25) is 10.9 Å². The summed E-state index contributed by atoms with van der Waals surface area (Å²) >= 11 is 4.92. The molecule has 10 rings (SSSR count). The summed E-state index contributed by atoms with van der Waals surface area (Å²) in [4.78, 5) is 107. The van der Waals surface area contributed by atoms with Crippen molar-refractivity contribution < 1.29 is 76.9 Å². The zero-order valence-electron chi connectivity index (χ0n) is 55.6. The minimum absolute atomic E-state index is 0. The lowest BCUT2D eigenvalue weighted by atomic mass is 10.1. The lowest BCUT2D eigenvalue weighted by Gasteiger charge is -2.36. The van der Waals surface area contributed by atoms with Crippen LogP contribution < -0.4 is 35.4 Å². The highest BCUT2D eigenvalue weighted by Crippen LogP contribution is 2.40. The molecule has 0 unspecified atom stereocenters. The van der Waals surface area contributed by atoms with Gasteiger partial charge in [0, 0.05) is 154 Å². The number of aliphatic hydroxyl groups is 1. The predicted octanol–water partition coefficient (Wildman–Crippen LogP) is 12.9. The molecule has 2 saturated carbocycles. The number of carboxylic acids is 2. The number of nitro benzene ring substituents is 2. The molecule has 26 nitrogen and oxygen atoms in total. The molecule has 2 aliphatic carbocycles. The van der Waals surface area contributed by atoms with Gasteiger partial charge in [-0.15, -0.1) is 12.4 Å². The monoisotopic (exact) mass is 1440 g/mol. The van der Waals surface area contributed by atoms with Crippen LogP contribution in [0.1, 0.15) is 58.5 Å². The lowest BCUT2D eigenvalue weighted by molar-refractivity contribution is -0.385. The van der Waals surface area contributed by atoms with Gasteiger partial charge in [-0.05, 0) is 92.3 Å². The molecule has 528 valence electrons. The first kappa shape index (κ1) is 79.4. The molecule has 2 aliphatic heterocycles. The smallest absolute Gasteiger partial charge is 0.477 e. The number of benzene rings is 4. The first-order chi connectivity index (χ1) is 45.0. The van der Waals surface area contributed by atoms with Crippen molar-refractivity contribution >= 4 is 122 Å². The van der Waals surface area contributed by atoms with Crippen molar-refractivity contribution in [1.82, 2.24) is 19.4 Å². The molecule has 2 aromatic heterocycles. The summed E-state index contributed by atoms with van der Waals surface area (Å²) in [5.41, 5.74) is -1.08. The van der Waals surface area contributed by atoms with Crippen molar-refractivity contribution in [2.45, 2.75) is 115 Å². The third-order valence-corrected chi connectivity index (χ3v) is 20.6. The number of hydrogen-bond donors (Lipinski definition) is 4. The average molecular weight is 1450 g/mol. The zero-order chi connectivity index (χ0) is 71.0. The van der Waals surface area contributed by atoms with E-state index in [2.05, 4.69) is 69.0 Å². The highest BCUT2D eigenvalue weighted by Gasteiger charge is 2.31. The van der Waals surface area contributed by atoms with Crippen LogP contribution in [-0.4, -0.2) is 165 Å². The van der Waals surface area contributed by atoms with Crippen LogP contribution in [0.2, 0.25) is 77.1 Å². The number of carbonyl (C=O) groups excluding carboxylic acids is 3. The van der Waals surface area contributed by atoms with Gasteiger partial charge in [0.05, 0.1) is 45.5 Å². The summed E-state index contributed by atoms with van der Waals surface area (Å²) in [6.45, 7) is 25.8. The van der Waals surface area contributed by atoms with Crippen molar-refractivity contribution in [3.8, 4) is 11.5 Å². The number of piperazine rings is 2. The quantitative estimate of drug-likeness (QED) is 0.0155. The first-order valence-corrected chi connectivity index (χ1v) is 42.7. The number of aromatic nitrogens is 2. The predicted molar refractivity (Wildman–Crippen MR) is 376 cm³/mol. The van der Waals surface area contributed by atoms with Crippen LogP contribution in [0.15, 0.2) is 94.8 Å². The van der Waals surface area contributed by atoms with Gasteiger partial charge in [-0.25, -0.2) is 32.8 Å². The summed E-state index contributed by atoms with van der Waals surface area (Å²) in [5, 5.41) is 51.2. The van der Waals surface area contributed by atoms with E-state index in [4.69, 9.17) is 30.9 Å². The van der Waals surface area contributed by atoms with E-state index in [0.29, 0.717) is 81.5 Å². The number of fused-ring (bicyclic) bond motifs is 2. The molecule has 97 heavy (non-hydrogen) atoms. The van der Waals surface area contributed by atoms with E-state index in [1.807, 2.05) is 14.4 Å². The summed E-state index contributed by atoms with van der Waals surface area (Å²) in [6.07, 6.45) is 5.33. The fourth-order valence-corrected chi connectivity index (χ4v) is 11.8. The SMILES string of the molecule is C[Si](C)(C)CCO.C[Si](C)(C)CCOC(=O)N1CCN(c2cc3c(cc2F)c(=O)c(C(=O)O)cn3C2CC2)CC1.C[Si](C)(C)CCOC(=O)Oc1ccc([N+](=O)[O-])cc1.Cl.O=C(Cl)Oc1ccc([N+](=O)[O-])cc1.O=C(O)c1cn(C2CC2)c2cc(N3CCNCC3)c(F)cc2c1=O. The Kier molecular flexibility index (Phi) is 28.8. The average Bonchev–Trinajstić information content (AvgIpc) is 1.69. The molecule has 0 atom stereocenters. The Balaban J connectivity index is 0.000000235. The van der Waals surface area contributed by atoms with Gasteiger partial charge in [-0.1, -0.05) is 58.9 Å². The van der Waals surface area contributed by atoms with Crippen molar-refractivity contribution in [1.29, 1.82) is 0 Å². The molecular weight excluding hydrogens is 1360 g/mol. The van der Waals surface area contributed by atoms with Crippen molar-refractivity contribution in [2.75, 3.05) is 82.0 Å². The molecule has 2 saturated heterocycles. The Morgan fingerprint density at radius 3 is 1.31 bits per heavy atom.